The highest BCUT2D eigenvalue weighted by molar-refractivity contribution is 6.23. The molecule has 0 aliphatic heterocycles. The Hall–Kier alpha value is -5.54. The summed E-state index contributed by atoms with van der Waals surface area (Å²) in [6.07, 6.45) is -9.83. The first-order valence-electron chi connectivity index (χ1n) is 11.2. The second kappa shape index (κ2) is 9.33. The fourth-order valence-electron chi connectivity index (χ4n) is 4.41. The van der Waals surface area contributed by atoms with Crippen LogP contribution in [0, 0.1) is 29.2 Å². The zero-order valence-corrected chi connectivity index (χ0v) is 19.7. The summed E-state index contributed by atoms with van der Waals surface area (Å²) in [7, 11) is 0. The summed E-state index contributed by atoms with van der Waals surface area (Å²) in [5.41, 5.74) is -3.38. The van der Waals surface area contributed by atoms with Gasteiger partial charge in [-0.05, 0) is 24.3 Å². The van der Waals surface area contributed by atoms with E-state index in [2.05, 4.69) is 20.0 Å². The predicted octanol–water partition coefficient (Wildman–Crippen LogP) is 7.24. The Bertz CT molecular complexity index is 1870. The van der Waals surface area contributed by atoms with Crippen molar-refractivity contribution in [1.82, 2.24) is 9.97 Å². The van der Waals surface area contributed by atoms with E-state index in [9.17, 15) is 36.9 Å². The topological polar surface area (TPSA) is 90.1 Å². The van der Waals surface area contributed by atoms with Crippen molar-refractivity contribution in [3.05, 3.63) is 106 Å². The van der Waals surface area contributed by atoms with Crippen LogP contribution in [0.5, 0.6) is 0 Å². The Morgan fingerprint density at radius 1 is 0.675 bits per heavy atom. The highest BCUT2D eigenvalue weighted by atomic mass is 19.4. The lowest BCUT2D eigenvalue weighted by molar-refractivity contribution is -0.138. The number of hydrogen-bond acceptors (Lipinski definition) is 5. The van der Waals surface area contributed by atoms with E-state index in [1.54, 1.807) is 24.3 Å². The number of benzene rings is 3. The van der Waals surface area contributed by atoms with Crippen LogP contribution in [-0.4, -0.2) is 15.7 Å². The second-order valence-corrected chi connectivity index (χ2v) is 8.45. The van der Waals surface area contributed by atoms with Gasteiger partial charge in [0.25, 0.3) is 0 Å². The Balaban J connectivity index is 1.88. The summed E-state index contributed by atoms with van der Waals surface area (Å²) in [4.78, 5) is 12.1. The van der Waals surface area contributed by atoms with Crippen LogP contribution in [0.2, 0.25) is 0 Å². The molecule has 0 spiro atoms. The molecule has 4 aromatic rings. The molecule has 1 aliphatic rings. The van der Waals surface area contributed by atoms with Crippen molar-refractivity contribution in [3.8, 4) is 45.9 Å². The molecule has 0 radical (unpaired) electrons. The maximum absolute atomic E-state index is 13.8. The van der Waals surface area contributed by atoms with Crippen molar-refractivity contribution in [3.63, 3.8) is 0 Å². The molecule has 12 heteroatoms. The molecule has 0 atom stereocenters. The SMILES string of the molecule is [C-]#[N+]N=C1c2ccccc2-c2nc(-c3ccc(C#N)c(C(F)(F)F)c3)c(-c3ccc(C#N)c(C(F)(F)F)c3)nc21. The molecular weight excluding hydrogens is 534 g/mol. The number of halogens is 6. The van der Waals surface area contributed by atoms with Gasteiger partial charge in [-0.3, -0.25) is 0 Å². The minimum atomic E-state index is -4.92. The van der Waals surface area contributed by atoms with E-state index in [4.69, 9.17) is 6.57 Å². The van der Waals surface area contributed by atoms with Gasteiger partial charge in [0, 0.05) is 22.3 Å². The van der Waals surface area contributed by atoms with E-state index in [1.807, 2.05) is 0 Å². The van der Waals surface area contributed by atoms with E-state index in [0.717, 1.165) is 12.1 Å². The molecule has 0 fully saturated rings. The average Bonchev–Trinajstić information content (AvgIpc) is 3.23. The third-order valence-corrected chi connectivity index (χ3v) is 6.15. The molecule has 1 heterocycles. The Morgan fingerprint density at radius 2 is 1.15 bits per heavy atom. The van der Waals surface area contributed by atoms with Gasteiger partial charge in [0.05, 0.1) is 56.6 Å². The Kier molecular flexibility index (Phi) is 6.09. The van der Waals surface area contributed by atoms with Crippen LogP contribution < -0.4 is 0 Å². The molecule has 1 aliphatic carbocycles. The van der Waals surface area contributed by atoms with Gasteiger partial charge in [-0.25, -0.2) is 9.97 Å². The van der Waals surface area contributed by atoms with Crippen LogP contribution >= 0.6 is 0 Å². The molecule has 40 heavy (non-hydrogen) atoms. The van der Waals surface area contributed by atoms with Crippen LogP contribution in [0.3, 0.4) is 0 Å². The van der Waals surface area contributed by atoms with Crippen molar-refractivity contribution in [2.45, 2.75) is 12.4 Å². The number of aromatic nitrogens is 2. The third kappa shape index (κ3) is 4.30. The second-order valence-electron chi connectivity index (χ2n) is 8.45. The maximum atomic E-state index is 13.8. The maximum Gasteiger partial charge on any atom is 0.417 e. The molecule has 0 unspecified atom stereocenters. The predicted molar refractivity (Wildman–Crippen MR) is 130 cm³/mol. The van der Waals surface area contributed by atoms with E-state index in [-0.39, 0.29) is 39.6 Å². The number of fused-ring (bicyclic) bond motifs is 3. The highest BCUT2D eigenvalue weighted by Crippen LogP contribution is 2.42. The number of hydrogen-bond donors (Lipinski definition) is 0. The minimum absolute atomic E-state index is 0.0542. The first kappa shape index (κ1) is 26.1. The first-order chi connectivity index (χ1) is 19.0. The first-order valence-corrected chi connectivity index (χ1v) is 11.2. The Morgan fingerprint density at radius 3 is 1.60 bits per heavy atom. The fourth-order valence-corrected chi connectivity index (χ4v) is 4.41. The van der Waals surface area contributed by atoms with Gasteiger partial charge in [-0.1, -0.05) is 36.4 Å². The van der Waals surface area contributed by atoms with E-state index >= 15 is 0 Å². The summed E-state index contributed by atoms with van der Waals surface area (Å²) in [5.74, 6) is 0. The molecule has 194 valence electrons. The van der Waals surface area contributed by atoms with Crippen molar-refractivity contribution in [1.29, 1.82) is 10.5 Å². The zero-order chi connectivity index (χ0) is 28.8. The fraction of sp³-hybridized carbons (Fsp3) is 0.0714. The molecule has 0 saturated heterocycles. The zero-order valence-electron chi connectivity index (χ0n) is 19.7. The van der Waals surface area contributed by atoms with Gasteiger partial charge >= 0.3 is 12.4 Å². The van der Waals surface area contributed by atoms with Crippen molar-refractivity contribution < 1.29 is 26.3 Å². The van der Waals surface area contributed by atoms with Crippen molar-refractivity contribution >= 4 is 5.71 Å². The lowest BCUT2D eigenvalue weighted by atomic mass is 9.96. The summed E-state index contributed by atoms with van der Waals surface area (Å²) in [6.45, 7) is 7.21. The highest BCUT2D eigenvalue weighted by Gasteiger charge is 2.37. The molecule has 6 nitrogen and oxygen atoms in total. The Labute approximate surface area is 221 Å². The number of rotatable bonds is 2. The van der Waals surface area contributed by atoms with Crippen LogP contribution in [0.4, 0.5) is 26.3 Å². The smallest absolute Gasteiger partial charge is 0.243 e. The monoisotopic (exact) mass is 544 g/mol. The quantitative estimate of drug-likeness (QED) is 0.133. The molecule has 0 amide bonds. The van der Waals surface area contributed by atoms with E-state index < -0.39 is 34.6 Å². The van der Waals surface area contributed by atoms with Crippen LogP contribution in [0.25, 0.3) is 38.7 Å². The normalized spacial score (nSPS) is 13.2. The van der Waals surface area contributed by atoms with Crippen LogP contribution in [0.15, 0.2) is 65.8 Å². The number of nitrogens with zero attached hydrogens (tertiary/aromatic N) is 6. The van der Waals surface area contributed by atoms with Crippen LogP contribution in [0.1, 0.15) is 33.5 Å². The minimum Gasteiger partial charge on any atom is -0.243 e. The summed E-state index contributed by atoms with van der Waals surface area (Å²) in [6, 6.07) is 15.2. The molecular formula is C28H10F6N6. The van der Waals surface area contributed by atoms with Gasteiger partial charge in [0.2, 0.25) is 0 Å². The van der Waals surface area contributed by atoms with E-state index in [1.165, 1.54) is 24.3 Å². The third-order valence-electron chi connectivity index (χ3n) is 6.15. The molecule has 0 bridgehead atoms. The number of alkyl halides is 6. The van der Waals surface area contributed by atoms with Gasteiger partial charge < -0.3 is 0 Å². The van der Waals surface area contributed by atoms with Gasteiger partial charge in [0.1, 0.15) is 5.69 Å². The number of nitriles is 2. The molecule has 1 aromatic heterocycles. The summed E-state index contributed by atoms with van der Waals surface area (Å²) < 4.78 is 82.7. The largest absolute Gasteiger partial charge is 0.417 e. The lowest BCUT2D eigenvalue weighted by Crippen LogP contribution is -2.10. The van der Waals surface area contributed by atoms with Crippen LogP contribution in [-0.2, 0) is 12.4 Å². The lowest BCUT2D eigenvalue weighted by Gasteiger charge is -2.16. The molecule has 0 saturated carbocycles. The van der Waals surface area contributed by atoms with Gasteiger partial charge in [-0.2, -0.15) is 43.4 Å². The van der Waals surface area contributed by atoms with Gasteiger partial charge in [0.15, 0.2) is 5.71 Å². The standard InChI is InChI=1S/C28H10F6N6/c1-37-40-25-19-5-3-2-4-18(19)24-26(25)39-23(15-7-9-17(13-36)21(11-15)28(32,33)34)22(38-24)14-6-8-16(12-35)20(10-14)27(29,30)31/h2-11H. The summed E-state index contributed by atoms with van der Waals surface area (Å²) in [5, 5.41) is 22.2. The van der Waals surface area contributed by atoms with Crippen molar-refractivity contribution in [2.24, 2.45) is 5.10 Å². The van der Waals surface area contributed by atoms with Gasteiger partial charge in [-0.15, -0.1) is 4.95 Å². The average molecular weight is 544 g/mol. The summed E-state index contributed by atoms with van der Waals surface area (Å²) >= 11 is 0. The molecule has 5 rings (SSSR count). The molecule has 3 aromatic carbocycles. The van der Waals surface area contributed by atoms with Crippen molar-refractivity contribution in [2.75, 3.05) is 0 Å². The van der Waals surface area contributed by atoms with E-state index in [0.29, 0.717) is 23.3 Å². The molecule has 0 N–H and O–H groups in total.